The van der Waals surface area contributed by atoms with Crippen LogP contribution in [-0.2, 0) is 11.3 Å². The molecule has 30 heavy (non-hydrogen) atoms. The zero-order valence-electron chi connectivity index (χ0n) is 17.0. The smallest absolute Gasteiger partial charge is 0.337 e. The lowest BCUT2D eigenvalue weighted by molar-refractivity contribution is 0.0600. The number of ether oxygens (including phenoxy) is 3. The van der Waals surface area contributed by atoms with Gasteiger partial charge < -0.3 is 14.2 Å². The number of rotatable bonds is 8. The maximum atomic E-state index is 11.5. The molecular weight excluding hydrogens is 378 g/mol. The molecular formula is C25H25NO4. The lowest BCUT2D eigenvalue weighted by atomic mass is 9.86. The van der Waals surface area contributed by atoms with Crippen molar-refractivity contribution >= 4 is 5.97 Å². The first-order valence-electron chi connectivity index (χ1n) is 10.2. The highest BCUT2D eigenvalue weighted by Crippen LogP contribution is 2.28. The van der Waals surface area contributed by atoms with Crippen LogP contribution >= 0.6 is 0 Å². The fourth-order valence-electron chi connectivity index (χ4n) is 3.29. The van der Waals surface area contributed by atoms with E-state index in [4.69, 9.17) is 14.2 Å². The highest BCUT2D eigenvalue weighted by molar-refractivity contribution is 5.89. The molecule has 1 aliphatic rings. The van der Waals surface area contributed by atoms with Gasteiger partial charge in [0.25, 0.3) is 0 Å². The Labute approximate surface area is 176 Å². The minimum atomic E-state index is -0.344. The van der Waals surface area contributed by atoms with Gasteiger partial charge in [0.15, 0.2) is 0 Å². The lowest BCUT2D eigenvalue weighted by Crippen LogP contribution is -2.19. The average molecular weight is 403 g/mol. The Hall–Kier alpha value is -3.34. The van der Waals surface area contributed by atoms with Crippen molar-refractivity contribution in [3.05, 3.63) is 78.0 Å². The number of carbonyl (C=O) groups excluding carboxylic acids is 1. The summed E-state index contributed by atoms with van der Waals surface area (Å²) in [6.07, 6.45) is 5.68. The predicted molar refractivity (Wildman–Crippen MR) is 115 cm³/mol. The van der Waals surface area contributed by atoms with E-state index in [1.165, 1.54) is 26.4 Å². The molecule has 0 spiro atoms. The van der Waals surface area contributed by atoms with Gasteiger partial charge in [0, 0.05) is 17.8 Å². The third-order valence-corrected chi connectivity index (χ3v) is 5.38. The van der Waals surface area contributed by atoms with E-state index in [-0.39, 0.29) is 5.97 Å². The summed E-state index contributed by atoms with van der Waals surface area (Å²) in [5.74, 6) is 1.79. The number of aromatic nitrogens is 1. The summed E-state index contributed by atoms with van der Waals surface area (Å²) in [6, 6.07) is 19.1. The minimum absolute atomic E-state index is 0.344. The predicted octanol–water partition coefficient (Wildman–Crippen LogP) is 5.29. The third kappa shape index (κ3) is 4.98. The first kappa shape index (κ1) is 20.0. The zero-order valence-corrected chi connectivity index (χ0v) is 17.0. The van der Waals surface area contributed by atoms with Crippen LogP contribution in [0.3, 0.4) is 0 Å². The van der Waals surface area contributed by atoms with Gasteiger partial charge >= 0.3 is 5.97 Å². The number of hydrogen-bond donors (Lipinski definition) is 0. The lowest BCUT2D eigenvalue weighted by Gasteiger charge is -2.24. The quantitative estimate of drug-likeness (QED) is 0.478. The molecule has 1 aromatic heterocycles. The van der Waals surface area contributed by atoms with Crippen LogP contribution in [0.5, 0.6) is 11.6 Å². The maximum Gasteiger partial charge on any atom is 0.337 e. The Bertz CT molecular complexity index is 979. The van der Waals surface area contributed by atoms with Crippen molar-refractivity contribution in [2.45, 2.75) is 25.9 Å². The number of hydrogen-bond acceptors (Lipinski definition) is 5. The summed E-state index contributed by atoms with van der Waals surface area (Å²) in [5, 5.41) is 0. The first-order valence-corrected chi connectivity index (χ1v) is 10.2. The molecule has 0 aliphatic heterocycles. The fourth-order valence-corrected chi connectivity index (χ4v) is 3.29. The largest absolute Gasteiger partial charge is 0.489 e. The summed E-state index contributed by atoms with van der Waals surface area (Å²) in [7, 11) is 1.37. The van der Waals surface area contributed by atoms with Gasteiger partial charge in [-0.25, -0.2) is 9.78 Å². The highest BCUT2D eigenvalue weighted by atomic mass is 16.5. The maximum absolute atomic E-state index is 11.5. The van der Waals surface area contributed by atoms with Gasteiger partial charge in [-0.15, -0.1) is 0 Å². The van der Waals surface area contributed by atoms with Crippen molar-refractivity contribution < 1.29 is 19.0 Å². The number of benzene rings is 2. The molecule has 1 saturated carbocycles. The van der Waals surface area contributed by atoms with E-state index >= 15 is 0 Å². The molecule has 1 heterocycles. The van der Waals surface area contributed by atoms with E-state index < -0.39 is 0 Å². The summed E-state index contributed by atoms with van der Waals surface area (Å²) in [5.41, 5.74) is 3.55. The molecule has 0 saturated heterocycles. The normalized spacial score (nSPS) is 13.4. The Morgan fingerprint density at radius 1 is 1.00 bits per heavy atom. The summed E-state index contributed by atoms with van der Waals surface area (Å²) < 4.78 is 16.4. The van der Waals surface area contributed by atoms with E-state index in [2.05, 4.69) is 4.98 Å². The Morgan fingerprint density at radius 3 is 2.50 bits per heavy atom. The SMILES string of the molecule is COC(=O)c1ccc(COc2cccc(-c3ccc(OCC4CCC4)nc3)c2)cc1. The molecule has 1 fully saturated rings. The third-order valence-electron chi connectivity index (χ3n) is 5.38. The number of methoxy groups -OCH3 is 1. The molecule has 4 rings (SSSR count). The minimum Gasteiger partial charge on any atom is -0.489 e. The molecule has 154 valence electrons. The van der Waals surface area contributed by atoms with Crippen LogP contribution in [0.4, 0.5) is 0 Å². The zero-order chi connectivity index (χ0) is 20.8. The van der Waals surface area contributed by atoms with Crippen molar-refractivity contribution in [1.82, 2.24) is 4.98 Å². The molecule has 0 unspecified atom stereocenters. The Balaban J connectivity index is 1.35. The van der Waals surface area contributed by atoms with Crippen molar-refractivity contribution in [3.63, 3.8) is 0 Å². The molecule has 0 atom stereocenters. The second-order valence-corrected chi connectivity index (χ2v) is 7.50. The number of nitrogens with zero attached hydrogens (tertiary/aromatic N) is 1. The molecule has 1 aliphatic carbocycles. The van der Waals surface area contributed by atoms with E-state index in [1.807, 2.05) is 54.7 Å². The van der Waals surface area contributed by atoms with Crippen molar-refractivity contribution in [2.75, 3.05) is 13.7 Å². The van der Waals surface area contributed by atoms with E-state index in [0.29, 0.717) is 24.0 Å². The van der Waals surface area contributed by atoms with Gasteiger partial charge in [-0.05, 0) is 60.2 Å². The molecule has 0 N–H and O–H groups in total. The van der Waals surface area contributed by atoms with Gasteiger partial charge in [-0.3, -0.25) is 0 Å². The highest BCUT2D eigenvalue weighted by Gasteiger charge is 2.18. The van der Waals surface area contributed by atoms with Gasteiger partial charge in [-0.2, -0.15) is 0 Å². The standard InChI is InChI=1S/C25H25NO4/c1-28-25(27)20-10-8-19(9-11-20)16-29-23-7-3-6-21(14-23)22-12-13-24(26-15-22)30-17-18-4-2-5-18/h3,6-15,18H,2,4-5,16-17H2,1H3. The second kappa shape index (κ2) is 9.44. The van der Waals surface area contributed by atoms with Gasteiger partial charge in [0.2, 0.25) is 5.88 Å². The molecule has 5 nitrogen and oxygen atoms in total. The molecule has 2 aromatic carbocycles. The van der Waals surface area contributed by atoms with Gasteiger partial charge in [-0.1, -0.05) is 30.7 Å². The van der Waals surface area contributed by atoms with Crippen LogP contribution < -0.4 is 9.47 Å². The van der Waals surface area contributed by atoms with E-state index in [9.17, 15) is 4.79 Å². The number of esters is 1. The second-order valence-electron chi connectivity index (χ2n) is 7.50. The van der Waals surface area contributed by atoms with Gasteiger partial charge in [0.1, 0.15) is 12.4 Å². The molecule has 0 amide bonds. The Morgan fingerprint density at radius 2 is 1.83 bits per heavy atom. The number of carbonyl (C=O) groups is 1. The van der Waals surface area contributed by atoms with Crippen LogP contribution in [0.2, 0.25) is 0 Å². The molecule has 0 radical (unpaired) electrons. The van der Waals surface area contributed by atoms with Crippen LogP contribution in [-0.4, -0.2) is 24.7 Å². The van der Waals surface area contributed by atoms with Crippen LogP contribution in [0, 0.1) is 5.92 Å². The summed E-state index contributed by atoms with van der Waals surface area (Å²) in [6.45, 7) is 1.17. The first-order chi connectivity index (χ1) is 14.7. The topological polar surface area (TPSA) is 57.7 Å². The molecule has 3 aromatic rings. The van der Waals surface area contributed by atoms with Crippen molar-refractivity contribution in [3.8, 4) is 22.8 Å². The van der Waals surface area contributed by atoms with Crippen LogP contribution in [0.1, 0.15) is 35.2 Å². The van der Waals surface area contributed by atoms with Crippen molar-refractivity contribution in [2.24, 2.45) is 5.92 Å². The van der Waals surface area contributed by atoms with E-state index in [0.717, 1.165) is 29.0 Å². The van der Waals surface area contributed by atoms with Gasteiger partial charge in [0.05, 0.1) is 19.3 Å². The average Bonchev–Trinajstić information content (AvgIpc) is 2.77. The Kier molecular flexibility index (Phi) is 6.28. The van der Waals surface area contributed by atoms with Crippen molar-refractivity contribution in [1.29, 1.82) is 0 Å². The molecule has 5 heteroatoms. The summed E-state index contributed by atoms with van der Waals surface area (Å²) in [4.78, 5) is 16.0. The number of pyridine rings is 1. The monoisotopic (exact) mass is 403 g/mol. The summed E-state index contributed by atoms with van der Waals surface area (Å²) >= 11 is 0. The van der Waals surface area contributed by atoms with E-state index in [1.54, 1.807) is 12.1 Å². The van der Waals surface area contributed by atoms with Crippen LogP contribution in [0.15, 0.2) is 66.9 Å². The van der Waals surface area contributed by atoms with Crippen LogP contribution in [0.25, 0.3) is 11.1 Å². The molecule has 0 bridgehead atoms. The fraction of sp³-hybridized carbons (Fsp3) is 0.280.